The van der Waals surface area contributed by atoms with Crippen LogP contribution in [0.4, 0.5) is 0 Å². The van der Waals surface area contributed by atoms with E-state index in [9.17, 15) is 9.90 Å². The van der Waals surface area contributed by atoms with Crippen molar-refractivity contribution in [3.63, 3.8) is 0 Å². The molecular weight excluding hydrogens is 242 g/mol. The van der Waals surface area contributed by atoms with Crippen LogP contribution in [0.15, 0.2) is 24.3 Å². The Morgan fingerprint density at radius 1 is 1.32 bits per heavy atom. The van der Waals surface area contributed by atoms with Crippen LogP contribution in [-0.4, -0.2) is 21.8 Å². The van der Waals surface area contributed by atoms with Crippen molar-refractivity contribution in [1.29, 1.82) is 0 Å². The van der Waals surface area contributed by atoms with E-state index in [-0.39, 0.29) is 12.5 Å². The minimum absolute atomic E-state index is 0.0849. The largest absolute Gasteiger partial charge is 0.481 e. The van der Waals surface area contributed by atoms with E-state index >= 15 is 0 Å². The summed E-state index contributed by atoms with van der Waals surface area (Å²) in [5.74, 6) is -0.822. The zero-order chi connectivity index (χ0) is 14.5. The summed E-state index contributed by atoms with van der Waals surface area (Å²) in [5, 5.41) is 18.3. The molecule has 0 bridgehead atoms. The number of hydrogen-bond acceptors (Lipinski definition) is 3. The monoisotopic (exact) mass is 265 g/mol. The van der Waals surface area contributed by atoms with E-state index in [0.29, 0.717) is 12.8 Å². The maximum absolute atomic E-state index is 10.5. The standard InChI is InChI=1S/C15H23NO3/c1-15(2,19)10-9-11-3-5-12(6-4-11)13(16)7-8-14(17)18/h3-6,13,19H,7-10,16H2,1-2H3,(H,17,18). The number of carboxylic acid groups (broad SMARTS) is 1. The lowest BCUT2D eigenvalue weighted by molar-refractivity contribution is -0.137. The Morgan fingerprint density at radius 3 is 2.37 bits per heavy atom. The third-order valence-corrected chi connectivity index (χ3v) is 3.10. The Balaban J connectivity index is 2.53. The van der Waals surface area contributed by atoms with Crippen LogP contribution in [0, 0.1) is 0 Å². The van der Waals surface area contributed by atoms with Crippen LogP contribution >= 0.6 is 0 Å². The van der Waals surface area contributed by atoms with E-state index in [0.717, 1.165) is 17.5 Å². The maximum atomic E-state index is 10.5. The Kier molecular flexibility index (Phi) is 5.51. The van der Waals surface area contributed by atoms with Crippen molar-refractivity contribution >= 4 is 5.97 Å². The third kappa shape index (κ3) is 6.36. The maximum Gasteiger partial charge on any atom is 0.303 e. The number of benzene rings is 1. The first-order valence-electron chi connectivity index (χ1n) is 6.56. The fourth-order valence-corrected chi connectivity index (χ4v) is 1.83. The number of rotatable bonds is 7. The predicted octanol–water partition coefficient (Wildman–Crippen LogP) is 2.25. The van der Waals surface area contributed by atoms with Crippen LogP contribution in [0.3, 0.4) is 0 Å². The van der Waals surface area contributed by atoms with Gasteiger partial charge in [-0.1, -0.05) is 24.3 Å². The second-order valence-electron chi connectivity index (χ2n) is 5.59. The molecule has 0 aliphatic rings. The first-order valence-corrected chi connectivity index (χ1v) is 6.56. The normalized spacial score (nSPS) is 13.3. The van der Waals surface area contributed by atoms with Crippen molar-refractivity contribution < 1.29 is 15.0 Å². The molecule has 0 fully saturated rings. The molecule has 0 amide bonds. The Morgan fingerprint density at radius 2 is 1.89 bits per heavy atom. The fourth-order valence-electron chi connectivity index (χ4n) is 1.83. The smallest absolute Gasteiger partial charge is 0.303 e. The van der Waals surface area contributed by atoms with Crippen LogP contribution in [0.2, 0.25) is 0 Å². The van der Waals surface area contributed by atoms with Crippen molar-refractivity contribution in [3.8, 4) is 0 Å². The second kappa shape index (κ2) is 6.68. The molecular formula is C15H23NO3. The van der Waals surface area contributed by atoms with Gasteiger partial charge in [0.1, 0.15) is 0 Å². The van der Waals surface area contributed by atoms with E-state index in [2.05, 4.69) is 0 Å². The fraction of sp³-hybridized carbons (Fsp3) is 0.533. The second-order valence-corrected chi connectivity index (χ2v) is 5.59. The third-order valence-electron chi connectivity index (χ3n) is 3.10. The van der Waals surface area contributed by atoms with Crippen LogP contribution in [-0.2, 0) is 11.2 Å². The molecule has 0 aliphatic heterocycles. The first-order chi connectivity index (χ1) is 8.78. The van der Waals surface area contributed by atoms with Gasteiger partial charge in [-0.3, -0.25) is 4.79 Å². The number of hydrogen-bond donors (Lipinski definition) is 3. The average Bonchev–Trinajstić information content (AvgIpc) is 2.33. The van der Waals surface area contributed by atoms with Gasteiger partial charge in [0.2, 0.25) is 0 Å². The number of aryl methyl sites for hydroxylation is 1. The molecule has 0 aliphatic carbocycles. The Bertz CT molecular complexity index is 406. The first kappa shape index (κ1) is 15.7. The summed E-state index contributed by atoms with van der Waals surface area (Å²) in [6.07, 6.45) is 2.05. The van der Waals surface area contributed by atoms with E-state index in [4.69, 9.17) is 10.8 Å². The van der Waals surface area contributed by atoms with Crippen molar-refractivity contribution in [2.24, 2.45) is 5.73 Å². The summed E-state index contributed by atoms with van der Waals surface area (Å²) in [4.78, 5) is 10.5. The molecule has 106 valence electrons. The Labute approximate surface area is 114 Å². The molecule has 1 atom stereocenters. The van der Waals surface area contributed by atoms with Gasteiger partial charge in [0, 0.05) is 12.5 Å². The van der Waals surface area contributed by atoms with Crippen molar-refractivity contribution in [3.05, 3.63) is 35.4 Å². The van der Waals surface area contributed by atoms with Gasteiger partial charge in [0.25, 0.3) is 0 Å². The highest BCUT2D eigenvalue weighted by Crippen LogP contribution is 2.18. The van der Waals surface area contributed by atoms with Gasteiger partial charge in [-0.2, -0.15) is 0 Å². The molecule has 0 spiro atoms. The number of carbonyl (C=O) groups is 1. The SMILES string of the molecule is CC(C)(O)CCc1ccc(C(N)CCC(=O)O)cc1. The van der Waals surface area contributed by atoms with Crippen LogP contribution < -0.4 is 5.73 Å². The Hall–Kier alpha value is -1.39. The number of aliphatic carboxylic acids is 1. The van der Waals surface area contributed by atoms with Crippen LogP contribution in [0.5, 0.6) is 0 Å². The minimum atomic E-state index is -0.822. The molecule has 4 nitrogen and oxygen atoms in total. The molecule has 1 aromatic rings. The van der Waals surface area contributed by atoms with Gasteiger partial charge >= 0.3 is 5.97 Å². The lowest BCUT2D eigenvalue weighted by Crippen LogP contribution is -2.19. The van der Waals surface area contributed by atoms with Gasteiger partial charge in [-0.15, -0.1) is 0 Å². The van der Waals surface area contributed by atoms with Crippen molar-refractivity contribution in [2.75, 3.05) is 0 Å². The van der Waals surface area contributed by atoms with Crippen LogP contribution in [0.1, 0.15) is 50.3 Å². The molecule has 4 heteroatoms. The van der Waals surface area contributed by atoms with Gasteiger partial charge in [0.15, 0.2) is 0 Å². The molecule has 0 aromatic heterocycles. The predicted molar refractivity (Wildman–Crippen MR) is 74.9 cm³/mol. The van der Waals surface area contributed by atoms with Gasteiger partial charge in [-0.25, -0.2) is 0 Å². The zero-order valence-electron chi connectivity index (χ0n) is 11.6. The average molecular weight is 265 g/mol. The minimum Gasteiger partial charge on any atom is -0.481 e. The van der Waals surface area contributed by atoms with Gasteiger partial charge in [-0.05, 0) is 44.2 Å². The molecule has 1 unspecified atom stereocenters. The summed E-state index contributed by atoms with van der Waals surface area (Å²) in [5.41, 5.74) is 7.38. The topological polar surface area (TPSA) is 83.5 Å². The molecule has 1 rings (SSSR count). The lowest BCUT2D eigenvalue weighted by atomic mass is 9.96. The lowest BCUT2D eigenvalue weighted by Gasteiger charge is -2.17. The quantitative estimate of drug-likeness (QED) is 0.706. The van der Waals surface area contributed by atoms with Crippen LogP contribution in [0.25, 0.3) is 0 Å². The number of carboxylic acids is 1. The van der Waals surface area contributed by atoms with Crippen molar-refractivity contribution in [1.82, 2.24) is 0 Å². The number of aliphatic hydroxyl groups is 1. The molecule has 0 saturated heterocycles. The summed E-state index contributed by atoms with van der Waals surface area (Å²) in [6.45, 7) is 3.59. The highest BCUT2D eigenvalue weighted by atomic mass is 16.4. The zero-order valence-corrected chi connectivity index (χ0v) is 11.6. The molecule has 0 radical (unpaired) electrons. The summed E-state index contributed by atoms with van der Waals surface area (Å²) < 4.78 is 0. The highest BCUT2D eigenvalue weighted by Gasteiger charge is 2.12. The van der Waals surface area contributed by atoms with Gasteiger partial charge < -0.3 is 15.9 Å². The number of nitrogens with two attached hydrogens (primary N) is 1. The summed E-state index contributed by atoms with van der Waals surface area (Å²) in [7, 11) is 0. The summed E-state index contributed by atoms with van der Waals surface area (Å²) >= 11 is 0. The van der Waals surface area contributed by atoms with Crippen molar-refractivity contribution in [2.45, 2.75) is 51.2 Å². The molecule has 0 heterocycles. The van der Waals surface area contributed by atoms with E-state index < -0.39 is 11.6 Å². The van der Waals surface area contributed by atoms with E-state index in [1.165, 1.54) is 0 Å². The molecule has 0 saturated carbocycles. The molecule has 19 heavy (non-hydrogen) atoms. The van der Waals surface area contributed by atoms with E-state index in [1.54, 1.807) is 13.8 Å². The molecule has 4 N–H and O–H groups in total. The summed E-state index contributed by atoms with van der Waals surface area (Å²) in [6, 6.07) is 7.61. The molecule has 1 aromatic carbocycles. The van der Waals surface area contributed by atoms with E-state index in [1.807, 2.05) is 24.3 Å². The van der Waals surface area contributed by atoms with Gasteiger partial charge in [0.05, 0.1) is 5.60 Å². The highest BCUT2D eigenvalue weighted by molar-refractivity contribution is 5.66.